The average molecular weight is 258 g/mol. The van der Waals surface area contributed by atoms with Crippen LogP contribution in [-0.4, -0.2) is 30.4 Å². The summed E-state index contributed by atoms with van der Waals surface area (Å²) in [4.78, 5) is 16.2. The van der Waals surface area contributed by atoms with Crippen LogP contribution in [0, 0.1) is 5.92 Å². The Morgan fingerprint density at radius 2 is 1.89 bits per heavy atom. The lowest BCUT2D eigenvalue weighted by Crippen LogP contribution is -2.42. The SMILES string of the molecule is CC(=O)N(C1=CC(C)N(C)CC1C)c1ccccc1. The normalized spacial score (nSPS) is 23.9. The van der Waals surface area contributed by atoms with Crippen molar-refractivity contribution in [1.82, 2.24) is 4.90 Å². The first-order chi connectivity index (χ1) is 9.00. The Labute approximate surface area is 115 Å². The van der Waals surface area contributed by atoms with Crippen molar-refractivity contribution in [3.8, 4) is 0 Å². The van der Waals surface area contributed by atoms with E-state index in [0.717, 1.165) is 17.9 Å². The summed E-state index contributed by atoms with van der Waals surface area (Å²) in [6.45, 7) is 6.94. The largest absolute Gasteiger partial charge is 0.300 e. The highest BCUT2D eigenvalue weighted by molar-refractivity contribution is 5.94. The van der Waals surface area contributed by atoms with Crippen molar-refractivity contribution in [2.45, 2.75) is 26.8 Å². The predicted molar refractivity (Wildman–Crippen MR) is 78.9 cm³/mol. The van der Waals surface area contributed by atoms with E-state index < -0.39 is 0 Å². The fourth-order valence-corrected chi connectivity index (χ4v) is 2.62. The molecule has 102 valence electrons. The minimum atomic E-state index is 0.0704. The van der Waals surface area contributed by atoms with Crippen LogP contribution in [0.2, 0.25) is 0 Å². The number of benzene rings is 1. The van der Waals surface area contributed by atoms with Crippen LogP contribution < -0.4 is 4.90 Å². The Kier molecular flexibility index (Phi) is 4.05. The Morgan fingerprint density at radius 3 is 2.47 bits per heavy atom. The molecule has 2 rings (SSSR count). The summed E-state index contributed by atoms with van der Waals surface area (Å²) in [6.07, 6.45) is 2.20. The van der Waals surface area contributed by atoms with Gasteiger partial charge in [-0.1, -0.05) is 25.1 Å². The van der Waals surface area contributed by atoms with Gasteiger partial charge in [0.25, 0.3) is 0 Å². The molecule has 3 heteroatoms. The summed E-state index contributed by atoms with van der Waals surface area (Å²) in [6, 6.07) is 10.2. The highest BCUT2D eigenvalue weighted by atomic mass is 16.2. The number of hydrogen-bond donors (Lipinski definition) is 0. The Hall–Kier alpha value is -1.61. The number of anilines is 1. The van der Waals surface area contributed by atoms with Crippen molar-refractivity contribution < 1.29 is 4.79 Å². The molecule has 1 aliphatic heterocycles. The number of nitrogens with zero attached hydrogens (tertiary/aromatic N) is 2. The van der Waals surface area contributed by atoms with Crippen LogP contribution in [0.4, 0.5) is 5.69 Å². The lowest BCUT2D eigenvalue weighted by molar-refractivity contribution is -0.116. The van der Waals surface area contributed by atoms with Crippen LogP contribution in [0.5, 0.6) is 0 Å². The van der Waals surface area contributed by atoms with E-state index in [4.69, 9.17) is 0 Å². The molecule has 1 heterocycles. The van der Waals surface area contributed by atoms with E-state index in [-0.39, 0.29) is 5.91 Å². The highest BCUT2D eigenvalue weighted by Crippen LogP contribution is 2.28. The first-order valence-corrected chi connectivity index (χ1v) is 6.78. The molecule has 2 unspecified atom stereocenters. The second kappa shape index (κ2) is 5.57. The maximum absolute atomic E-state index is 12.0. The number of carbonyl (C=O) groups excluding carboxylic acids is 1. The van der Waals surface area contributed by atoms with Gasteiger partial charge in [0.05, 0.1) is 0 Å². The molecule has 0 radical (unpaired) electrons. The summed E-state index contributed by atoms with van der Waals surface area (Å²) in [5.74, 6) is 0.423. The molecule has 0 N–H and O–H groups in total. The van der Waals surface area contributed by atoms with Gasteiger partial charge in [-0.3, -0.25) is 14.6 Å². The molecule has 0 saturated heterocycles. The van der Waals surface area contributed by atoms with E-state index in [9.17, 15) is 4.79 Å². The van der Waals surface area contributed by atoms with Gasteiger partial charge in [-0.15, -0.1) is 0 Å². The Bertz CT molecular complexity index is 481. The number of likely N-dealkylation sites (N-methyl/N-ethyl adjacent to an activating group) is 1. The molecule has 1 aromatic rings. The topological polar surface area (TPSA) is 23.6 Å². The molecule has 1 aromatic carbocycles. The van der Waals surface area contributed by atoms with E-state index in [1.165, 1.54) is 0 Å². The fourth-order valence-electron chi connectivity index (χ4n) is 2.62. The minimum Gasteiger partial charge on any atom is -0.300 e. The highest BCUT2D eigenvalue weighted by Gasteiger charge is 2.27. The van der Waals surface area contributed by atoms with Gasteiger partial charge >= 0.3 is 0 Å². The van der Waals surface area contributed by atoms with E-state index >= 15 is 0 Å². The molecule has 0 fully saturated rings. The van der Waals surface area contributed by atoms with Crippen molar-refractivity contribution in [3.63, 3.8) is 0 Å². The molecule has 3 nitrogen and oxygen atoms in total. The second-order valence-electron chi connectivity index (χ2n) is 5.36. The number of carbonyl (C=O) groups is 1. The van der Waals surface area contributed by atoms with Crippen LogP contribution in [0.15, 0.2) is 42.1 Å². The molecule has 0 saturated carbocycles. The summed E-state index contributed by atoms with van der Waals surface area (Å²) in [5, 5.41) is 0. The minimum absolute atomic E-state index is 0.0704. The van der Waals surface area contributed by atoms with E-state index in [0.29, 0.717) is 12.0 Å². The zero-order chi connectivity index (χ0) is 14.0. The van der Waals surface area contributed by atoms with Crippen molar-refractivity contribution in [1.29, 1.82) is 0 Å². The lowest BCUT2D eigenvalue weighted by Gasteiger charge is -2.37. The van der Waals surface area contributed by atoms with Gasteiger partial charge in [0.2, 0.25) is 5.91 Å². The van der Waals surface area contributed by atoms with Crippen LogP contribution in [0.25, 0.3) is 0 Å². The monoisotopic (exact) mass is 258 g/mol. The average Bonchev–Trinajstić information content (AvgIpc) is 2.37. The van der Waals surface area contributed by atoms with E-state index in [1.807, 2.05) is 35.2 Å². The summed E-state index contributed by atoms with van der Waals surface area (Å²) >= 11 is 0. The van der Waals surface area contributed by atoms with Crippen molar-refractivity contribution in [3.05, 3.63) is 42.1 Å². The van der Waals surface area contributed by atoms with Gasteiger partial charge in [0, 0.05) is 36.8 Å². The maximum Gasteiger partial charge on any atom is 0.228 e. The molecule has 1 amide bonds. The number of hydrogen-bond acceptors (Lipinski definition) is 2. The molecule has 2 atom stereocenters. The third-order valence-electron chi connectivity index (χ3n) is 3.76. The molecule has 1 aliphatic rings. The molecular formula is C16H22N2O. The van der Waals surface area contributed by atoms with Crippen molar-refractivity contribution in [2.75, 3.05) is 18.5 Å². The number of amides is 1. The van der Waals surface area contributed by atoms with Crippen molar-refractivity contribution in [2.24, 2.45) is 5.92 Å². The van der Waals surface area contributed by atoms with E-state index in [2.05, 4.69) is 31.9 Å². The lowest BCUT2D eigenvalue weighted by atomic mass is 9.97. The third-order valence-corrected chi connectivity index (χ3v) is 3.76. The molecule has 0 spiro atoms. The van der Waals surface area contributed by atoms with Gasteiger partial charge in [0.15, 0.2) is 0 Å². The van der Waals surface area contributed by atoms with Gasteiger partial charge in [-0.2, -0.15) is 0 Å². The van der Waals surface area contributed by atoms with Gasteiger partial charge in [-0.25, -0.2) is 0 Å². The van der Waals surface area contributed by atoms with Crippen LogP contribution in [0.3, 0.4) is 0 Å². The van der Waals surface area contributed by atoms with Crippen molar-refractivity contribution >= 4 is 11.6 Å². The van der Waals surface area contributed by atoms with Gasteiger partial charge in [-0.05, 0) is 32.2 Å². The quantitative estimate of drug-likeness (QED) is 0.814. The van der Waals surface area contributed by atoms with E-state index in [1.54, 1.807) is 6.92 Å². The molecular weight excluding hydrogens is 236 g/mol. The Morgan fingerprint density at radius 1 is 1.26 bits per heavy atom. The second-order valence-corrected chi connectivity index (χ2v) is 5.36. The zero-order valence-electron chi connectivity index (χ0n) is 12.1. The van der Waals surface area contributed by atoms with Gasteiger partial charge < -0.3 is 0 Å². The summed E-state index contributed by atoms with van der Waals surface area (Å²) < 4.78 is 0. The first-order valence-electron chi connectivity index (χ1n) is 6.78. The number of para-hydroxylation sites is 1. The molecule has 19 heavy (non-hydrogen) atoms. The molecule has 0 aromatic heterocycles. The number of rotatable bonds is 2. The summed E-state index contributed by atoms with van der Waals surface area (Å²) in [5.41, 5.74) is 2.06. The van der Waals surface area contributed by atoms with Crippen LogP contribution in [-0.2, 0) is 4.79 Å². The van der Waals surface area contributed by atoms with Gasteiger partial charge in [0.1, 0.15) is 0 Å². The molecule has 0 bridgehead atoms. The third kappa shape index (κ3) is 2.87. The first kappa shape index (κ1) is 13.8. The fraction of sp³-hybridized carbons (Fsp3) is 0.438. The predicted octanol–water partition coefficient (Wildman–Crippen LogP) is 2.89. The summed E-state index contributed by atoms with van der Waals surface area (Å²) in [7, 11) is 2.12. The van der Waals surface area contributed by atoms with Crippen LogP contribution in [0.1, 0.15) is 20.8 Å². The Balaban J connectivity index is 2.40. The standard InChI is InChI=1S/C16H22N2O/c1-12-11-17(4)13(2)10-16(12)18(14(3)19)15-8-6-5-7-9-15/h5-10,12-13H,11H2,1-4H3. The zero-order valence-corrected chi connectivity index (χ0v) is 12.1. The maximum atomic E-state index is 12.0. The molecule has 0 aliphatic carbocycles. The smallest absolute Gasteiger partial charge is 0.228 e. The van der Waals surface area contributed by atoms with Crippen LogP contribution >= 0.6 is 0 Å².